The van der Waals surface area contributed by atoms with Crippen molar-refractivity contribution in [3.05, 3.63) is 44.4 Å². The lowest BCUT2D eigenvalue weighted by Gasteiger charge is -2.10. The van der Waals surface area contributed by atoms with E-state index in [2.05, 4.69) is 15.6 Å². The van der Waals surface area contributed by atoms with E-state index in [1.165, 1.54) is 0 Å². The molecule has 1 aromatic heterocycles. The van der Waals surface area contributed by atoms with Crippen LogP contribution in [0.2, 0.25) is 0 Å². The fraction of sp³-hybridized carbons (Fsp3) is 0.357. The monoisotopic (exact) mass is 306 g/mol. The van der Waals surface area contributed by atoms with Gasteiger partial charge in [-0.05, 0) is 25.5 Å². The van der Waals surface area contributed by atoms with E-state index in [4.69, 9.17) is 0 Å². The molecule has 0 unspecified atom stereocenters. The van der Waals surface area contributed by atoms with Gasteiger partial charge >= 0.3 is 5.69 Å². The molecule has 0 atom stereocenters. The summed E-state index contributed by atoms with van der Waals surface area (Å²) < 4.78 is 0. The molecule has 0 spiro atoms. The second kappa shape index (κ2) is 7.03. The van der Waals surface area contributed by atoms with Crippen molar-refractivity contribution in [2.75, 3.05) is 17.2 Å². The van der Waals surface area contributed by atoms with Gasteiger partial charge in [-0.25, -0.2) is 4.98 Å². The summed E-state index contributed by atoms with van der Waals surface area (Å²) in [6.45, 7) is 5.20. The highest BCUT2D eigenvalue weighted by atomic mass is 32.1. The summed E-state index contributed by atoms with van der Waals surface area (Å²) in [5.74, 6) is 0. The Morgan fingerprint density at radius 2 is 2.05 bits per heavy atom. The van der Waals surface area contributed by atoms with E-state index in [1.807, 2.05) is 19.9 Å². The molecule has 2 rings (SSSR count). The first-order chi connectivity index (χ1) is 10.1. The van der Waals surface area contributed by atoms with Crippen LogP contribution in [0.1, 0.15) is 23.2 Å². The molecular formula is C14H18N4O2S. The summed E-state index contributed by atoms with van der Waals surface area (Å²) >= 11 is 1.58. The third-order valence-electron chi connectivity index (χ3n) is 2.91. The number of hydrogen-bond acceptors (Lipinski definition) is 6. The van der Waals surface area contributed by atoms with Gasteiger partial charge in [0, 0.05) is 17.6 Å². The third-order valence-corrected chi connectivity index (χ3v) is 3.82. The second-order valence-electron chi connectivity index (χ2n) is 4.58. The van der Waals surface area contributed by atoms with Crippen molar-refractivity contribution in [2.24, 2.45) is 0 Å². The van der Waals surface area contributed by atoms with Gasteiger partial charge in [-0.1, -0.05) is 13.0 Å². The van der Waals surface area contributed by atoms with Crippen LogP contribution in [0, 0.1) is 17.0 Å². The van der Waals surface area contributed by atoms with Gasteiger partial charge < -0.3 is 10.6 Å². The number of aryl methyl sites for hydroxylation is 1. The molecule has 0 saturated heterocycles. The maximum Gasteiger partial charge on any atom is 0.315 e. The molecule has 0 saturated carbocycles. The molecule has 2 aromatic rings. The number of anilines is 2. The Morgan fingerprint density at radius 3 is 2.62 bits per heavy atom. The van der Waals surface area contributed by atoms with E-state index in [-0.39, 0.29) is 10.6 Å². The number of nitro benzene ring substituents is 1. The van der Waals surface area contributed by atoms with Crippen LogP contribution in [-0.4, -0.2) is 16.5 Å². The SMILES string of the molecule is CCCNc1cccc(NCc2cnc(C)s2)c1[N+](=O)[O-]. The van der Waals surface area contributed by atoms with Crippen LogP contribution in [0.4, 0.5) is 17.1 Å². The molecule has 0 radical (unpaired) electrons. The van der Waals surface area contributed by atoms with E-state index in [1.54, 1.807) is 29.7 Å². The number of aromatic nitrogens is 1. The summed E-state index contributed by atoms with van der Waals surface area (Å²) in [6, 6.07) is 5.27. The van der Waals surface area contributed by atoms with Gasteiger partial charge in [-0.2, -0.15) is 0 Å². The lowest BCUT2D eigenvalue weighted by atomic mass is 10.2. The Bertz CT molecular complexity index is 627. The summed E-state index contributed by atoms with van der Waals surface area (Å²) in [5.41, 5.74) is 1.16. The average molecular weight is 306 g/mol. The summed E-state index contributed by atoms with van der Waals surface area (Å²) in [5, 5.41) is 18.5. The standard InChI is InChI=1S/C14H18N4O2S/c1-3-7-15-12-5-4-6-13(14(12)18(19)20)17-9-11-8-16-10(2)21-11/h4-6,8,15,17H,3,7,9H2,1-2H3. The largest absolute Gasteiger partial charge is 0.379 e. The number of para-hydroxylation sites is 1. The maximum atomic E-state index is 11.3. The van der Waals surface area contributed by atoms with E-state index < -0.39 is 0 Å². The third kappa shape index (κ3) is 3.91. The highest BCUT2D eigenvalue weighted by Crippen LogP contribution is 2.33. The Hall–Kier alpha value is -2.15. The fourth-order valence-corrected chi connectivity index (χ4v) is 2.69. The first-order valence-electron chi connectivity index (χ1n) is 6.78. The summed E-state index contributed by atoms with van der Waals surface area (Å²) in [7, 11) is 0. The van der Waals surface area contributed by atoms with Crippen molar-refractivity contribution in [1.82, 2.24) is 4.98 Å². The van der Waals surface area contributed by atoms with Crippen molar-refractivity contribution in [2.45, 2.75) is 26.8 Å². The average Bonchev–Trinajstić information content (AvgIpc) is 2.88. The van der Waals surface area contributed by atoms with E-state index in [9.17, 15) is 10.1 Å². The van der Waals surface area contributed by atoms with E-state index in [0.29, 0.717) is 24.5 Å². The number of rotatable bonds is 7. The number of benzene rings is 1. The Balaban J connectivity index is 2.19. The molecule has 0 aliphatic rings. The smallest absolute Gasteiger partial charge is 0.315 e. The zero-order chi connectivity index (χ0) is 15.2. The van der Waals surface area contributed by atoms with Crippen LogP contribution in [0.25, 0.3) is 0 Å². The van der Waals surface area contributed by atoms with E-state index >= 15 is 0 Å². The Labute approximate surface area is 127 Å². The van der Waals surface area contributed by atoms with Gasteiger partial charge in [0.25, 0.3) is 0 Å². The molecule has 0 bridgehead atoms. The van der Waals surface area contributed by atoms with Crippen molar-refractivity contribution in [3.8, 4) is 0 Å². The van der Waals surface area contributed by atoms with Crippen LogP contribution in [-0.2, 0) is 6.54 Å². The van der Waals surface area contributed by atoms with Crippen molar-refractivity contribution in [3.63, 3.8) is 0 Å². The Morgan fingerprint density at radius 1 is 1.33 bits per heavy atom. The molecule has 112 valence electrons. The number of nitrogens with one attached hydrogen (secondary N) is 2. The van der Waals surface area contributed by atoms with Crippen molar-refractivity contribution < 1.29 is 4.92 Å². The van der Waals surface area contributed by atoms with Gasteiger partial charge in [-0.3, -0.25) is 10.1 Å². The molecule has 0 aliphatic heterocycles. The fourth-order valence-electron chi connectivity index (χ4n) is 1.95. The minimum absolute atomic E-state index is 0.0900. The van der Waals surface area contributed by atoms with Crippen LogP contribution in [0.5, 0.6) is 0 Å². The van der Waals surface area contributed by atoms with Gasteiger partial charge in [0.2, 0.25) is 0 Å². The highest BCUT2D eigenvalue weighted by Gasteiger charge is 2.19. The molecular weight excluding hydrogens is 288 g/mol. The van der Waals surface area contributed by atoms with Gasteiger partial charge in [0.15, 0.2) is 0 Å². The number of thiazole rings is 1. The number of hydrogen-bond donors (Lipinski definition) is 2. The summed E-state index contributed by atoms with van der Waals surface area (Å²) in [6.07, 6.45) is 2.70. The lowest BCUT2D eigenvalue weighted by Crippen LogP contribution is -2.07. The zero-order valence-electron chi connectivity index (χ0n) is 12.0. The molecule has 0 aliphatic carbocycles. The zero-order valence-corrected chi connectivity index (χ0v) is 12.9. The van der Waals surface area contributed by atoms with Crippen LogP contribution in [0.15, 0.2) is 24.4 Å². The lowest BCUT2D eigenvalue weighted by molar-refractivity contribution is -0.383. The molecule has 0 amide bonds. The Kier molecular flexibility index (Phi) is 5.10. The minimum atomic E-state index is -0.349. The van der Waals surface area contributed by atoms with Gasteiger partial charge in [-0.15, -0.1) is 11.3 Å². The number of nitro groups is 1. The summed E-state index contributed by atoms with van der Waals surface area (Å²) in [4.78, 5) is 16.2. The topological polar surface area (TPSA) is 80.1 Å². The molecule has 21 heavy (non-hydrogen) atoms. The normalized spacial score (nSPS) is 10.4. The second-order valence-corrected chi connectivity index (χ2v) is 5.90. The quantitative estimate of drug-likeness (QED) is 0.601. The van der Waals surface area contributed by atoms with Crippen LogP contribution < -0.4 is 10.6 Å². The van der Waals surface area contributed by atoms with E-state index in [0.717, 1.165) is 16.3 Å². The minimum Gasteiger partial charge on any atom is -0.379 e. The molecule has 1 aromatic carbocycles. The molecule has 0 fully saturated rings. The predicted molar refractivity (Wildman–Crippen MR) is 86.1 cm³/mol. The van der Waals surface area contributed by atoms with Crippen LogP contribution >= 0.6 is 11.3 Å². The molecule has 6 nitrogen and oxygen atoms in total. The van der Waals surface area contributed by atoms with Crippen molar-refractivity contribution in [1.29, 1.82) is 0 Å². The predicted octanol–water partition coefficient (Wildman–Crippen LogP) is 3.79. The van der Waals surface area contributed by atoms with Gasteiger partial charge in [0.05, 0.1) is 16.5 Å². The molecule has 1 heterocycles. The first kappa shape index (κ1) is 15.2. The van der Waals surface area contributed by atoms with Crippen LogP contribution in [0.3, 0.4) is 0 Å². The highest BCUT2D eigenvalue weighted by molar-refractivity contribution is 7.11. The van der Waals surface area contributed by atoms with Crippen molar-refractivity contribution >= 4 is 28.4 Å². The molecule has 2 N–H and O–H groups in total. The van der Waals surface area contributed by atoms with Gasteiger partial charge in [0.1, 0.15) is 11.4 Å². The maximum absolute atomic E-state index is 11.3. The number of nitrogens with zero attached hydrogens (tertiary/aromatic N) is 2. The molecule has 7 heteroatoms. The first-order valence-corrected chi connectivity index (χ1v) is 7.60.